The molecule has 0 aliphatic carbocycles. The molecule has 1 aromatic carbocycles. The van der Waals surface area contributed by atoms with Crippen molar-refractivity contribution in [1.29, 1.82) is 0 Å². The number of aromatic nitrogens is 2. The maximum Gasteiger partial charge on any atom is 0.231 e. The first-order valence-electron chi connectivity index (χ1n) is 6.49. The van der Waals surface area contributed by atoms with Gasteiger partial charge >= 0.3 is 0 Å². The number of nitrogens with zero attached hydrogens (tertiary/aromatic N) is 2. The van der Waals surface area contributed by atoms with Crippen molar-refractivity contribution in [2.75, 3.05) is 17.8 Å². The van der Waals surface area contributed by atoms with Gasteiger partial charge in [0.1, 0.15) is 18.0 Å². The second kappa shape index (κ2) is 5.24. The van der Waals surface area contributed by atoms with Crippen LogP contribution in [0.3, 0.4) is 0 Å². The van der Waals surface area contributed by atoms with Crippen molar-refractivity contribution in [3.63, 3.8) is 0 Å². The summed E-state index contributed by atoms with van der Waals surface area (Å²) in [7, 11) is 0. The minimum absolute atomic E-state index is 0.286. The lowest BCUT2D eigenvalue weighted by atomic mass is 10.2. The average molecular weight is 272 g/mol. The zero-order chi connectivity index (χ0) is 13.9. The number of nitrogen functional groups attached to an aromatic ring is 1. The third kappa shape index (κ3) is 2.32. The van der Waals surface area contributed by atoms with E-state index in [0.29, 0.717) is 12.4 Å². The van der Waals surface area contributed by atoms with Crippen molar-refractivity contribution in [1.82, 2.24) is 9.97 Å². The summed E-state index contributed by atoms with van der Waals surface area (Å²) >= 11 is 0. The molecule has 6 nitrogen and oxygen atoms in total. The predicted octanol–water partition coefficient (Wildman–Crippen LogP) is 1.96. The summed E-state index contributed by atoms with van der Waals surface area (Å²) in [5, 5.41) is 3.28. The molecule has 3 N–H and O–H groups in total. The minimum Gasteiger partial charge on any atom is -0.454 e. The molecule has 0 spiro atoms. The highest BCUT2D eigenvalue weighted by molar-refractivity contribution is 5.55. The standard InChI is InChI=1S/C14H16N4O2/c1-2-10-13(15)17-7-18-14(10)16-6-9-3-4-11-12(5-9)20-8-19-11/h3-5,7H,2,6,8H2,1H3,(H3,15,16,17,18). The van der Waals surface area contributed by atoms with Crippen molar-refractivity contribution in [2.45, 2.75) is 19.9 Å². The van der Waals surface area contributed by atoms with Crippen LogP contribution in [0.15, 0.2) is 24.5 Å². The van der Waals surface area contributed by atoms with Gasteiger partial charge in [-0.25, -0.2) is 9.97 Å². The van der Waals surface area contributed by atoms with Crippen molar-refractivity contribution >= 4 is 11.6 Å². The molecule has 104 valence electrons. The van der Waals surface area contributed by atoms with Gasteiger partial charge in [0.2, 0.25) is 6.79 Å². The Morgan fingerprint density at radius 2 is 2.10 bits per heavy atom. The lowest BCUT2D eigenvalue weighted by Gasteiger charge is -2.11. The molecule has 0 fully saturated rings. The molecule has 0 unspecified atom stereocenters. The third-order valence-corrected chi connectivity index (χ3v) is 3.23. The topological polar surface area (TPSA) is 82.3 Å². The second-order valence-electron chi connectivity index (χ2n) is 4.48. The highest BCUT2D eigenvalue weighted by Gasteiger charge is 2.13. The van der Waals surface area contributed by atoms with Crippen LogP contribution in [0, 0.1) is 0 Å². The molecule has 0 saturated carbocycles. The van der Waals surface area contributed by atoms with Crippen LogP contribution in [0.2, 0.25) is 0 Å². The SMILES string of the molecule is CCc1c(N)ncnc1NCc1ccc2c(c1)OCO2. The van der Waals surface area contributed by atoms with Gasteiger partial charge in [-0.1, -0.05) is 13.0 Å². The maximum atomic E-state index is 5.85. The summed E-state index contributed by atoms with van der Waals surface area (Å²) in [5.74, 6) is 2.87. The van der Waals surface area contributed by atoms with Crippen LogP contribution in [-0.2, 0) is 13.0 Å². The predicted molar refractivity (Wildman–Crippen MR) is 75.7 cm³/mol. The van der Waals surface area contributed by atoms with Crippen LogP contribution in [0.25, 0.3) is 0 Å². The van der Waals surface area contributed by atoms with Crippen molar-refractivity contribution in [3.05, 3.63) is 35.7 Å². The molecule has 0 atom stereocenters. The maximum absolute atomic E-state index is 5.85. The van der Waals surface area contributed by atoms with Gasteiger partial charge in [0.15, 0.2) is 11.5 Å². The zero-order valence-corrected chi connectivity index (χ0v) is 11.2. The molecule has 1 aliphatic heterocycles. The van der Waals surface area contributed by atoms with E-state index < -0.39 is 0 Å². The highest BCUT2D eigenvalue weighted by atomic mass is 16.7. The number of rotatable bonds is 4. The largest absolute Gasteiger partial charge is 0.454 e. The van der Waals surface area contributed by atoms with Gasteiger partial charge in [0.25, 0.3) is 0 Å². The molecule has 0 saturated heterocycles. The number of hydrogen-bond acceptors (Lipinski definition) is 6. The van der Waals surface area contributed by atoms with Crippen LogP contribution < -0.4 is 20.5 Å². The Morgan fingerprint density at radius 1 is 1.25 bits per heavy atom. The molecule has 20 heavy (non-hydrogen) atoms. The Morgan fingerprint density at radius 3 is 2.95 bits per heavy atom. The van der Waals surface area contributed by atoms with Gasteiger partial charge in [0, 0.05) is 12.1 Å². The number of fused-ring (bicyclic) bond motifs is 1. The first-order valence-corrected chi connectivity index (χ1v) is 6.49. The van der Waals surface area contributed by atoms with E-state index in [-0.39, 0.29) is 6.79 Å². The monoisotopic (exact) mass is 272 g/mol. The fourth-order valence-corrected chi connectivity index (χ4v) is 2.16. The van der Waals surface area contributed by atoms with Crippen LogP contribution in [0.4, 0.5) is 11.6 Å². The van der Waals surface area contributed by atoms with Crippen molar-refractivity contribution < 1.29 is 9.47 Å². The average Bonchev–Trinajstić information content (AvgIpc) is 2.92. The van der Waals surface area contributed by atoms with Crippen LogP contribution in [0.1, 0.15) is 18.1 Å². The number of nitrogens with two attached hydrogens (primary N) is 1. The fourth-order valence-electron chi connectivity index (χ4n) is 2.16. The van der Waals surface area contributed by atoms with Gasteiger partial charge in [-0.2, -0.15) is 0 Å². The first-order chi connectivity index (χ1) is 9.78. The first kappa shape index (κ1) is 12.5. The van der Waals surface area contributed by atoms with E-state index in [1.807, 2.05) is 25.1 Å². The van der Waals surface area contributed by atoms with Crippen molar-refractivity contribution in [3.8, 4) is 11.5 Å². The van der Waals surface area contributed by atoms with Crippen LogP contribution in [-0.4, -0.2) is 16.8 Å². The molecular weight excluding hydrogens is 256 g/mol. The summed E-state index contributed by atoms with van der Waals surface area (Å²) in [6.45, 7) is 2.95. The number of benzene rings is 1. The van der Waals surface area contributed by atoms with Gasteiger partial charge in [0.05, 0.1) is 0 Å². The van der Waals surface area contributed by atoms with Crippen molar-refractivity contribution in [2.24, 2.45) is 0 Å². The summed E-state index contributed by atoms with van der Waals surface area (Å²) in [5.41, 5.74) is 7.88. The summed E-state index contributed by atoms with van der Waals surface area (Å²) in [4.78, 5) is 8.24. The smallest absolute Gasteiger partial charge is 0.231 e. The van der Waals surface area contributed by atoms with Crippen LogP contribution in [0.5, 0.6) is 11.5 Å². The second-order valence-corrected chi connectivity index (χ2v) is 4.48. The van der Waals surface area contributed by atoms with E-state index in [1.165, 1.54) is 6.33 Å². The Hall–Kier alpha value is -2.50. The summed E-state index contributed by atoms with van der Waals surface area (Å²) < 4.78 is 10.6. The summed E-state index contributed by atoms with van der Waals surface area (Å²) in [6, 6.07) is 5.87. The zero-order valence-electron chi connectivity index (χ0n) is 11.2. The van der Waals surface area contributed by atoms with E-state index in [1.54, 1.807) is 0 Å². The Balaban J connectivity index is 1.75. The quantitative estimate of drug-likeness (QED) is 0.885. The molecule has 0 radical (unpaired) electrons. The molecule has 6 heteroatoms. The van der Waals surface area contributed by atoms with E-state index in [4.69, 9.17) is 15.2 Å². The highest BCUT2D eigenvalue weighted by Crippen LogP contribution is 2.32. The Bertz CT molecular complexity index is 631. The number of ether oxygens (including phenoxy) is 2. The van der Waals surface area contributed by atoms with E-state index in [9.17, 15) is 0 Å². The summed E-state index contributed by atoms with van der Waals surface area (Å²) in [6.07, 6.45) is 2.26. The lowest BCUT2D eigenvalue weighted by molar-refractivity contribution is 0.174. The lowest BCUT2D eigenvalue weighted by Crippen LogP contribution is -2.07. The molecule has 3 rings (SSSR count). The van der Waals surface area contributed by atoms with Gasteiger partial charge < -0.3 is 20.5 Å². The van der Waals surface area contributed by atoms with Gasteiger partial charge in [-0.05, 0) is 24.1 Å². The third-order valence-electron chi connectivity index (χ3n) is 3.23. The molecule has 0 bridgehead atoms. The molecule has 1 aliphatic rings. The molecule has 1 aromatic heterocycles. The van der Waals surface area contributed by atoms with Gasteiger partial charge in [-0.15, -0.1) is 0 Å². The number of nitrogens with one attached hydrogen (secondary N) is 1. The molecular formula is C14H16N4O2. The van der Waals surface area contributed by atoms with E-state index in [2.05, 4.69) is 15.3 Å². The Kier molecular flexibility index (Phi) is 3.28. The normalized spacial score (nSPS) is 12.4. The number of anilines is 2. The van der Waals surface area contributed by atoms with Crippen LogP contribution >= 0.6 is 0 Å². The minimum atomic E-state index is 0.286. The number of hydrogen-bond donors (Lipinski definition) is 2. The molecule has 2 aromatic rings. The molecule has 0 amide bonds. The van der Waals surface area contributed by atoms with Gasteiger partial charge in [-0.3, -0.25) is 0 Å². The Labute approximate surface area is 116 Å². The fraction of sp³-hybridized carbons (Fsp3) is 0.286. The van der Waals surface area contributed by atoms with E-state index in [0.717, 1.165) is 34.9 Å². The molecule has 2 heterocycles. The van der Waals surface area contributed by atoms with E-state index >= 15 is 0 Å².